The van der Waals surface area contributed by atoms with E-state index in [2.05, 4.69) is 10.2 Å². The molecule has 0 spiro atoms. The van der Waals surface area contributed by atoms with Crippen LogP contribution in [0.15, 0.2) is 109 Å². The number of amides is 1. The molecule has 0 aliphatic heterocycles. The van der Waals surface area contributed by atoms with Gasteiger partial charge in [0.1, 0.15) is 17.5 Å². The zero-order chi connectivity index (χ0) is 23.9. The summed E-state index contributed by atoms with van der Waals surface area (Å²) in [6.45, 7) is 0. The molecule has 0 bridgehead atoms. The first-order chi connectivity index (χ1) is 16.5. The summed E-state index contributed by atoms with van der Waals surface area (Å²) in [6, 6.07) is 33.2. The van der Waals surface area contributed by atoms with Crippen LogP contribution in [0.4, 0.5) is 27.1 Å². The lowest BCUT2D eigenvalue weighted by molar-refractivity contribution is -0.112. The predicted octanol–water partition coefficient (Wildman–Crippen LogP) is 7.49. The zero-order valence-corrected chi connectivity index (χ0v) is 18.7. The number of benzene rings is 4. The van der Waals surface area contributed by atoms with Crippen LogP contribution in [0, 0.1) is 17.1 Å². The Balaban J connectivity index is 1.59. The van der Waals surface area contributed by atoms with E-state index in [0.29, 0.717) is 11.3 Å². The minimum Gasteiger partial charge on any atom is -0.321 e. The molecule has 0 fully saturated rings. The first kappa shape index (κ1) is 22.8. The average Bonchev–Trinajstić information content (AvgIpc) is 2.87. The van der Waals surface area contributed by atoms with Crippen LogP contribution in [-0.4, -0.2) is 5.91 Å². The van der Waals surface area contributed by atoms with Gasteiger partial charge in [0, 0.05) is 22.7 Å². The molecular weight excluding hydrogens is 449 g/mol. The Morgan fingerprint density at radius 1 is 0.853 bits per heavy atom. The predicted molar refractivity (Wildman–Crippen MR) is 135 cm³/mol. The Labute approximate surface area is 202 Å². The number of nitrogens with one attached hydrogen (secondary N) is 1. The molecule has 4 aromatic carbocycles. The third-order valence-corrected chi connectivity index (χ3v) is 5.32. The van der Waals surface area contributed by atoms with Gasteiger partial charge < -0.3 is 10.2 Å². The molecule has 1 N–H and O–H groups in total. The number of para-hydroxylation sites is 2. The highest BCUT2D eigenvalue weighted by Crippen LogP contribution is 2.34. The fourth-order valence-corrected chi connectivity index (χ4v) is 3.59. The normalized spacial score (nSPS) is 10.9. The first-order valence-electron chi connectivity index (χ1n) is 10.4. The number of carbonyl (C=O) groups is 1. The third-order valence-electron chi connectivity index (χ3n) is 5.03. The van der Waals surface area contributed by atoms with Crippen LogP contribution in [0.2, 0.25) is 5.02 Å². The molecule has 166 valence electrons. The minimum absolute atomic E-state index is 0.0869. The van der Waals surface area contributed by atoms with Gasteiger partial charge in [-0.15, -0.1) is 0 Å². The van der Waals surface area contributed by atoms with Crippen molar-refractivity contribution in [3.63, 3.8) is 0 Å². The van der Waals surface area contributed by atoms with Crippen molar-refractivity contribution in [2.75, 3.05) is 10.2 Å². The molecule has 0 aromatic heterocycles. The van der Waals surface area contributed by atoms with Crippen molar-refractivity contribution in [1.82, 2.24) is 0 Å². The molecule has 4 aromatic rings. The molecule has 0 radical (unpaired) electrons. The minimum atomic E-state index is -0.607. The molecule has 6 heteroatoms. The van der Waals surface area contributed by atoms with E-state index >= 15 is 0 Å². The molecule has 34 heavy (non-hydrogen) atoms. The van der Waals surface area contributed by atoms with Gasteiger partial charge in [0.15, 0.2) is 0 Å². The highest BCUT2D eigenvalue weighted by Gasteiger charge is 2.13. The molecule has 0 aliphatic rings. The van der Waals surface area contributed by atoms with Crippen molar-refractivity contribution in [2.45, 2.75) is 0 Å². The molecule has 0 heterocycles. The van der Waals surface area contributed by atoms with Gasteiger partial charge in [0.05, 0.1) is 5.02 Å². The summed E-state index contributed by atoms with van der Waals surface area (Å²) < 4.78 is 13.3. The summed E-state index contributed by atoms with van der Waals surface area (Å²) >= 11 is 5.76. The summed E-state index contributed by atoms with van der Waals surface area (Å²) in [5, 5.41) is 12.0. The number of rotatable bonds is 6. The van der Waals surface area contributed by atoms with Crippen LogP contribution in [-0.2, 0) is 4.79 Å². The Bertz CT molecular complexity index is 1330. The fraction of sp³-hybridized carbons (Fsp3) is 0. The van der Waals surface area contributed by atoms with Crippen molar-refractivity contribution in [3.05, 3.63) is 125 Å². The topological polar surface area (TPSA) is 56.1 Å². The number of hydrogen-bond acceptors (Lipinski definition) is 3. The highest BCUT2D eigenvalue weighted by molar-refractivity contribution is 6.31. The summed E-state index contributed by atoms with van der Waals surface area (Å²) in [6.07, 6.45) is 1.50. The lowest BCUT2D eigenvalue weighted by Crippen LogP contribution is -2.13. The number of halogens is 2. The second kappa shape index (κ2) is 10.5. The molecule has 4 rings (SSSR count). The highest BCUT2D eigenvalue weighted by atomic mass is 35.5. The largest absolute Gasteiger partial charge is 0.321 e. The van der Waals surface area contributed by atoms with Crippen LogP contribution in [0.1, 0.15) is 5.56 Å². The van der Waals surface area contributed by atoms with Crippen LogP contribution in [0.5, 0.6) is 0 Å². The standard InChI is InChI=1S/C28H19ClFN3O/c29-26-18-22(13-16-27(26)30)32-28(34)21(19-31)17-20-11-14-25(15-12-20)33(23-7-3-1-4-8-23)24-9-5-2-6-10-24/h1-18H,(H,32,34)/b21-17+. The number of nitriles is 1. The third kappa shape index (κ3) is 5.32. The first-order valence-corrected chi connectivity index (χ1v) is 10.8. The quantitative estimate of drug-likeness (QED) is 0.236. The fourth-order valence-electron chi connectivity index (χ4n) is 3.41. The Morgan fingerprint density at radius 2 is 1.41 bits per heavy atom. The van der Waals surface area contributed by atoms with Gasteiger partial charge in [-0.3, -0.25) is 4.79 Å². The van der Waals surface area contributed by atoms with E-state index in [-0.39, 0.29) is 10.6 Å². The number of nitrogens with zero attached hydrogens (tertiary/aromatic N) is 2. The Hall–Kier alpha value is -4.40. The molecule has 1 amide bonds. The van der Waals surface area contributed by atoms with E-state index in [1.165, 1.54) is 18.2 Å². The van der Waals surface area contributed by atoms with E-state index in [4.69, 9.17) is 11.6 Å². The monoisotopic (exact) mass is 467 g/mol. The molecule has 0 saturated carbocycles. The van der Waals surface area contributed by atoms with Crippen LogP contribution < -0.4 is 10.2 Å². The maximum Gasteiger partial charge on any atom is 0.266 e. The molecule has 0 aliphatic carbocycles. The van der Waals surface area contributed by atoms with E-state index in [1.54, 1.807) is 0 Å². The number of anilines is 4. The van der Waals surface area contributed by atoms with Crippen molar-refractivity contribution in [2.24, 2.45) is 0 Å². The lowest BCUT2D eigenvalue weighted by Gasteiger charge is -2.25. The number of hydrogen-bond donors (Lipinski definition) is 1. The maximum absolute atomic E-state index is 13.3. The summed E-state index contributed by atoms with van der Waals surface area (Å²) in [4.78, 5) is 14.7. The second-order valence-electron chi connectivity index (χ2n) is 7.35. The molecule has 0 unspecified atom stereocenters. The van der Waals surface area contributed by atoms with Gasteiger partial charge >= 0.3 is 0 Å². The van der Waals surface area contributed by atoms with Gasteiger partial charge in [0.25, 0.3) is 5.91 Å². The zero-order valence-electron chi connectivity index (χ0n) is 18.0. The van der Waals surface area contributed by atoms with E-state index in [9.17, 15) is 14.4 Å². The SMILES string of the molecule is N#C/C(=C\c1ccc(N(c2ccccc2)c2ccccc2)cc1)C(=O)Nc1ccc(F)c(Cl)c1. The van der Waals surface area contributed by atoms with Crippen LogP contribution >= 0.6 is 11.6 Å². The van der Waals surface area contributed by atoms with Crippen molar-refractivity contribution >= 4 is 46.3 Å². The van der Waals surface area contributed by atoms with Crippen molar-refractivity contribution < 1.29 is 9.18 Å². The van der Waals surface area contributed by atoms with E-state index in [0.717, 1.165) is 23.1 Å². The van der Waals surface area contributed by atoms with Gasteiger partial charge in [-0.25, -0.2) is 4.39 Å². The Morgan fingerprint density at radius 3 is 1.94 bits per heavy atom. The smallest absolute Gasteiger partial charge is 0.266 e. The van der Waals surface area contributed by atoms with E-state index < -0.39 is 11.7 Å². The van der Waals surface area contributed by atoms with Crippen molar-refractivity contribution in [3.8, 4) is 6.07 Å². The second-order valence-corrected chi connectivity index (χ2v) is 7.76. The molecule has 0 atom stereocenters. The average molecular weight is 468 g/mol. The van der Waals surface area contributed by atoms with Gasteiger partial charge in [0.2, 0.25) is 0 Å². The van der Waals surface area contributed by atoms with Gasteiger partial charge in [-0.1, -0.05) is 60.1 Å². The van der Waals surface area contributed by atoms with Crippen molar-refractivity contribution in [1.29, 1.82) is 5.26 Å². The summed E-state index contributed by atoms with van der Waals surface area (Å²) in [5.41, 5.74) is 3.84. The Kier molecular flexibility index (Phi) is 7.02. The van der Waals surface area contributed by atoms with Crippen LogP contribution in [0.25, 0.3) is 6.08 Å². The van der Waals surface area contributed by atoms with Crippen LogP contribution in [0.3, 0.4) is 0 Å². The lowest BCUT2D eigenvalue weighted by atomic mass is 10.1. The van der Waals surface area contributed by atoms with Gasteiger partial charge in [-0.2, -0.15) is 5.26 Å². The summed E-state index contributed by atoms with van der Waals surface area (Å²) in [5.74, 6) is -1.19. The number of carbonyl (C=O) groups excluding carboxylic acids is 1. The summed E-state index contributed by atoms with van der Waals surface area (Å²) in [7, 11) is 0. The molecular formula is C28H19ClFN3O. The molecule has 4 nitrogen and oxygen atoms in total. The van der Waals surface area contributed by atoms with E-state index in [1.807, 2.05) is 91.0 Å². The van der Waals surface area contributed by atoms with Gasteiger partial charge in [-0.05, 0) is 66.2 Å². The molecule has 0 saturated heterocycles. The maximum atomic E-state index is 13.3.